The lowest BCUT2D eigenvalue weighted by atomic mass is 10.1. The van der Waals surface area contributed by atoms with Gasteiger partial charge in [0.05, 0.1) is 16.9 Å². The van der Waals surface area contributed by atoms with E-state index in [9.17, 15) is 9.59 Å². The third-order valence-electron chi connectivity index (χ3n) is 5.03. The van der Waals surface area contributed by atoms with E-state index >= 15 is 0 Å². The highest BCUT2D eigenvalue weighted by Gasteiger charge is 2.30. The van der Waals surface area contributed by atoms with Gasteiger partial charge >= 0.3 is 0 Å². The number of para-hydroxylation sites is 1. The Morgan fingerprint density at radius 3 is 2.96 bits per heavy atom. The summed E-state index contributed by atoms with van der Waals surface area (Å²) in [7, 11) is 0. The van der Waals surface area contributed by atoms with Crippen molar-refractivity contribution in [3.05, 3.63) is 56.4 Å². The number of hydrogen-bond donors (Lipinski definition) is 1. The molecule has 2 aromatic heterocycles. The van der Waals surface area contributed by atoms with Crippen LogP contribution in [0, 0.1) is 13.8 Å². The van der Waals surface area contributed by atoms with Crippen LogP contribution in [0.15, 0.2) is 29.1 Å². The van der Waals surface area contributed by atoms with Crippen molar-refractivity contribution in [2.45, 2.75) is 39.0 Å². The van der Waals surface area contributed by atoms with Crippen molar-refractivity contribution in [1.82, 2.24) is 9.97 Å². The van der Waals surface area contributed by atoms with Crippen LogP contribution in [-0.4, -0.2) is 27.7 Å². The zero-order chi connectivity index (χ0) is 19.1. The first-order chi connectivity index (χ1) is 13.0. The molecule has 140 valence electrons. The maximum atomic E-state index is 12.8. The summed E-state index contributed by atoms with van der Waals surface area (Å²) in [6.45, 7) is 6.04. The van der Waals surface area contributed by atoms with Crippen LogP contribution in [0.5, 0.6) is 0 Å². The number of H-pyrrole nitrogens is 1. The lowest BCUT2D eigenvalue weighted by Gasteiger charge is -2.22. The summed E-state index contributed by atoms with van der Waals surface area (Å²) in [6.07, 6.45) is 0.898. The highest BCUT2D eigenvalue weighted by molar-refractivity contribution is 7.99. The largest absolute Gasteiger partial charge is 0.309 e. The molecule has 1 atom stereocenters. The molecule has 0 unspecified atom stereocenters. The standard InChI is InChI=1S/C20H21N3O2S2/c1-11-8-14-6-4-5-7-15(14)23(11)17(24)10-26-9-16-21-19(25)18-12(2)13(3)27-20(18)22-16/h4-7,11H,8-10H2,1-3H3,(H,21,22,25)/t11-/m1/s1. The molecule has 0 fully saturated rings. The van der Waals surface area contributed by atoms with Crippen LogP contribution in [-0.2, 0) is 17.0 Å². The number of nitrogens with one attached hydrogen (secondary N) is 1. The van der Waals surface area contributed by atoms with E-state index in [4.69, 9.17) is 0 Å². The van der Waals surface area contributed by atoms with Gasteiger partial charge in [-0.25, -0.2) is 4.98 Å². The molecule has 0 spiro atoms. The molecule has 1 aliphatic rings. The summed E-state index contributed by atoms with van der Waals surface area (Å²) >= 11 is 3.03. The Morgan fingerprint density at radius 2 is 2.15 bits per heavy atom. The minimum atomic E-state index is -0.0918. The number of carbonyl (C=O) groups excluding carboxylic acids is 1. The van der Waals surface area contributed by atoms with E-state index in [1.54, 1.807) is 11.3 Å². The molecule has 0 saturated heterocycles. The average molecular weight is 400 g/mol. The van der Waals surface area contributed by atoms with Crippen molar-refractivity contribution >= 4 is 44.9 Å². The second kappa shape index (κ2) is 7.13. The quantitative estimate of drug-likeness (QED) is 0.724. The zero-order valence-electron chi connectivity index (χ0n) is 15.5. The fourth-order valence-electron chi connectivity index (χ4n) is 3.62. The van der Waals surface area contributed by atoms with Crippen molar-refractivity contribution in [1.29, 1.82) is 0 Å². The van der Waals surface area contributed by atoms with Crippen LogP contribution in [0.25, 0.3) is 10.2 Å². The van der Waals surface area contributed by atoms with Gasteiger partial charge in [0.1, 0.15) is 10.7 Å². The summed E-state index contributed by atoms with van der Waals surface area (Å²) in [5, 5.41) is 0.685. The van der Waals surface area contributed by atoms with Gasteiger partial charge < -0.3 is 9.88 Å². The number of hydrogen-bond acceptors (Lipinski definition) is 5. The molecule has 1 amide bonds. The first-order valence-electron chi connectivity index (χ1n) is 8.92. The first-order valence-corrected chi connectivity index (χ1v) is 10.9. The molecule has 4 rings (SSSR count). The van der Waals surface area contributed by atoms with Gasteiger partial charge in [-0.3, -0.25) is 9.59 Å². The van der Waals surface area contributed by atoms with E-state index in [0.717, 1.165) is 27.4 Å². The second-order valence-electron chi connectivity index (χ2n) is 6.91. The van der Waals surface area contributed by atoms with Crippen molar-refractivity contribution in [2.75, 3.05) is 10.7 Å². The molecule has 7 heteroatoms. The number of nitrogens with zero attached hydrogens (tertiary/aromatic N) is 2. The molecule has 3 heterocycles. The number of aromatic amines is 1. The number of anilines is 1. The summed E-state index contributed by atoms with van der Waals surface area (Å²) in [6, 6.07) is 8.26. The molecule has 5 nitrogen and oxygen atoms in total. The zero-order valence-corrected chi connectivity index (χ0v) is 17.2. The van der Waals surface area contributed by atoms with E-state index < -0.39 is 0 Å². The monoisotopic (exact) mass is 399 g/mol. The molecule has 0 aliphatic carbocycles. The highest BCUT2D eigenvalue weighted by Crippen LogP contribution is 2.32. The predicted octanol–water partition coefficient (Wildman–Crippen LogP) is 3.81. The van der Waals surface area contributed by atoms with Gasteiger partial charge in [-0.05, 0) is 44.4 Å². The number of thioether (sulfide) groups is 1. The van der Waals surface area contributed by atoms with Crippen molar-refractivity contribution < 1.29 is 4.79 Å². The molecule has 3 aromatic rings. The molecule has 0 saturated carbocycles. The Kier molecular flexibility index (Phi) is 4.82. The lowest BCUT2D eigenvalue weighted by molar-refractivity contribution is -0.116. The normalized spacial score (nSPS) is 16.1. The Bertz CT molecular complexity index is 1090. The van der Waals surface area contributed by atoms with Gasteiger partial charge in [0.2, 0.25) is 5.91 Å². The molecule has 1 aromatic carbocycles. The topological polar surface area (TPSA) is 66.1 Å². The number of aryl methyl sites for hydroxylation is 2. The van der Waals surface area contributed by atoms with Crippen molar-refractivity contribution in [3.8, 4) is 0 Å². The summed E-state index contributed by atoms with van der Waals surface area (Å²) in [5.41, 5.74) is 3.15. The number of thiophene rings is 1. The second-order valence-corrected chi connectivity index (χ2v) is 9.10. The summed E-state index contributed by atoms with van der Waals surface area (Å²) in [4.78, 5) is 36.3. The number of amides is 1. The lowest BCUT2D eigenvalue weighted by Crippen LogP contribution is -2.37. The number of carbonyl (C=O) groups is 1. The Labute approximate surface area is 165 Å². The molecule has 0 radical (unpaired) electrons. The van der Waals surface area contributed by atoms with Crippen LogP contribution in [0.1, 0.15) is 28.8 Å². The van der Waals surface area contributed by atoms with Gasteiger partial charge in [-0.1, -0.05) is 18.2 Å². The number of aromatic nitrogens is 2. The maximum Gasteiger partial charge on any atom is 0.259 e. The molecule has 0 bridgehead atoms. The van der Waals surface area contributed by atoms with E-state index in [0.29, 0.717) is 22.7 Å². The Balaban J connectivity index is 1.45. The minimum absolute atomic E-state index is 0.0918. The van der Waals surface area contributed by atoms with E-state index in [1.807, 2.05) is 36.9 Å². The summed E-state index contributed by atoms with van der Waals surface area (Å²) in [5.74, 6) is 1.60. The maximum absolute atomic E-state index is 12.8. The van der Waals surface area contributed by atoms with Gasteiger partial charge in [0.15, 0.2) is 0 Å². The average Bonchev–Trinajstić information content (AvgIpc) is 3.10. The molecular weight excluding hydrogens is 378 g/mol. The van der Waals surface area contributed by atoms with Gasteiger partial charge in [-0.2, -0.15) is 0 Å². The van der Waals surface area contributed by atoms with E-state index in [1.165, 1.54) is 17.3 Å². The number of fused-ring (bicyclic) bond motifs is 2. The first kappa shape index (κ1) is 18.3. The van der Waals surface area contributed by atoms with Crippen LogP contribution in [0.2, 0.25) is 0 Å². The fourth-order valence-corrected chi connectivity index (χ4v) is 5.41. The Morgan fingerprint density at radius 1 is 1.37 bits per heavy atom. The molecule has 1 aliphatic heterocycles. The third-order valence-corrected chi connectivity index (χ3v) is 7.06. The van der Waals surface area contributed by atoms with Crippen molar-refractivity contribution in [3.63, 3.8) is 0 Å². The van der Waals surface area contributed by atoms with Crippen LogP contribution < -0.4 is 10.5 Å². The molecule has 27 heavy (non-hydrogen) atoms. The SMILES string of the molecule is Cc1sc2nc(CSCC(=O)N3c4ccccc4C[C@H]3C)[nH]c(=O)c2c1C. The molecule has 1 N–H and O–H groups in total. The van der Waals surface area contributed by atoms with Gasteiger partial charge in [-0.15, -0.1) is 23.1 Å². The van der Waals surface area contributed by atoms with Gasteiger partial charge in [0, 0.05) is 16.6 Å². The van der Waals surface area contributed by atoms with E-state index in [2.05, 4.69) is 23.0 Å². The van der Waals surface area contributed by atoms with Crippen LogP contribution in [0.4, 0.5) is 5.69 Å². The predicted molar refractivity (Wildman–Crippen MR) is 113 cm³/mol. The van der Waals surface area contributed by atoms with Gasteiger partial charge in [0.25, 0.3) is 5.56 Å². The minimum Gasteiger partial charge on any atom is -0.309 e. The van der Waals surface area contributed by atoms with Crippen molar-refractivity contribution in [2.24, 2.45) is 0 Å². The highest BCUT2D eigenvalue weighted by atomic mass is 32.2. The number of benzene rings is 1. The Hall–Kier alpha value is -2.12. The summed E-state index contributed by atoms with van der Waals surface area (Å²) < 4.78 is 0. The number of rotatable bonds is 4. The smallest absolute Gasteiger partial charge is 0.259 e. The molecular formula is C20H21N3O2S2. The fraction of sp³-hybridized carbons (Fsp3) is 0.350. The van der Waals surface area contributed by atoms with E-state index in [-0.39, 0.29) is 17.5 Å². The van der Waals surface area contributed by atoms with Crippen LogP contribution in [0.3, 0.4) is 0 Å². The third kappa shape index (κ3) is 3.30. The van der Waals surface area contributed by atoms with Crippen LogP contribution >= 0.6 is 23.1 Å².